The van der Waals surface area contributed by atoms with Crippen molar-refractivity contribution in [2.75, 3.05) is 44.7 Å². The third-order valence-corrected chi connectivity index (χ3v) is 6.01. The molecule has 7 nitrogen and oxygen atoms in total. The zero-order valence-electron chi connectivity index (χ0n) is 18.1. The van der Waals surface area contributed by atoms with Gasteiger partial charge < -0.3 is 19.7 Å². The molecular formula is C24H29N3O4. The van der Waals surface area contributed by atoms with Gasteiger partial charge in [0.05, 0.1) is 12.5 Å². The molecule has 0 spiro atoms. The predicted molar refractivity (Wildman–Crippen MR) is 119 cm³/mol. The van der Waals surface area contributed by atoms with Crippen molar-refractivity contribution in [1.29, 1.82) is 0 Å². The third-order valence-electron chi connectivity index (χ3n) is 6.01. The highest BCUT2D eigenvalue weighted by Gasteiger charge is 2.28. The van der Waals surface area contributed by atoms with Crippen molar-refractivity contribution in [3.63, 3.8) is 0 Å². The zero-order chi connectivity index (χ0) is 21.8. The fraction of sp³-hybridized carbons (Fsp3) is 0.417. The smallest absolute Gasteiger partial charge is 0.241 e. The lowest BCUT2D eigenvalue weighted by Gasteiger charge is -2.37. The van der Waals surface area contributed by atoms with Gasteiger partial charge in [0.2, 0.25) is 11.8 Å². The number of anilines is 1. The van der Waals surface area contributed by atoms with Crippen LogP contribution in [0.3, 0.4) is 0 Å². The Morgan fingerprint density at radius 1 is 1.00 bits per heavy atom. The van der Waals surface area contributed by atoms with Crippen LogP contribution in [0.25, 0.3) is 0 Å². The van der Waals surface area contributed by atoms with E-state index in [2.05, 4.69) is 10.2 Å². The summed E-state index contributed by atoms with van der Waals surface area (Å²) in [5.74, 6) is 1.42. The number of ether oxygens (including phenoxy) is 2. The van der Waals surface area contributed by atoms with Gasteiger partial charge in [-0.25, -0.2) is 0 Å². The lowest BCUT2D eigenvalue weighted by Crippen LogP contribution is -2.54. The topological polar surface area (TPSA) is 71.1 Å². The molecule has 0 saturated carbocycles. The standard InChI is InChI=1S/C24H29N3O4/c1-17-5-3-4-6-19(17)15-23(28)27-11-9-26(10-12-27)18(2)24(29)25-20-7-8-21-22(16-20)31-14-13-30-21/h3-8,16,18H,9-15H2,1-2H3,(H,25,29). The SMILES string of the molecule is Cc1ccccc1CC(=O)N1CCN(C(C)C(=O)Nc2ccc3c(c2)OCCO3)CC1. The molecule has 0 bridgehead atoms. The molecule has 1 unspecified atom stereocenters. The van der Waals surface area contributed by atoms with Gasteiger partial charge in [0.1, 0.15) is 13.2 Å². The first-order valence-electron chi connectivity index (χ1n) is 10.8. The molecule has 4 rings (SSSR count). The molecule has 0 radical (unpaired) electrons. The number of carbonyl (C=O) groups excluding carboxylic acids is 2. The summed E-state index contributed by atoms with van der Waals surface area (Å²) >= 11 is 0. The Labute approximate surface area is 182 Å². The predicted octanol–water partition coefficient (Wildman–Crippen LogP) is 2.48. The molecule has 7 heteroatoms. The van der Waals surface area contributed by atoms with Gasteiger partial charge in [0.15, 0.2) is 11.5 Å². The van der Waals surface area contributed by atoms with Gasteiger partial charge in [-0.05, 0) is 37.1 Å². The molecule has 2 aliphatic heterocycles. The summed E-state index contributed by atoms with van der Waals surface area (Å²) in [6, 6.07) is 13.1. The summed E-state index contributed by atoms with van der Waals surface area (Å²) < 4.78 is 11.1. The molecule has 2 aromatic carbocycles. The van der Waals surface area contributed by atoms with Crippen LogP contribution in [0.2, 0.25) is 0 Å². The molecule has 1 N–H and O–H groups in total. The number of benzene rings is 2. The second-order valence-electron chi connectivity index (χ2n) is 8.04. The van der Waals surface area contributed by atoms with E-state index in [1.165, 1.54) is 0 Å². The van der Waals surface area contributed by atoms with Crippen LogP contribution in [0, 0.1) is 6.92 Å². The van der Waals surface area contributed by atoms with E-state index in [0.29, 0.717) is 63.0 Å². The van der Waals surface area contributed by atoms with Crippen molar-refractivity contribution in [3.8, 4) is 11.5 Å². The molecule has 164 valence electrons. The number of carbonyl (C=O) groups is 2. The Hall–Kier alpha value is -3.06. The van der Waals surface area contributed by atoms with Crippen molar-refractivity contribution >= 4 is 17.5 Å². The number of amides is 2. The van der Waals surface area contributed by atoms with Crippen LogP contribution < -0.4 is 14.8 Å². The van der Waals surface area contributed by atoms with E-state index in [9.17, 15) is 9.59 Å². The van der Waals surface area contributed by atoms with Gasteiger partial charge in [0, 0.05) is 37.9 Å². The fourth-order valence-electron chi connectivity index (χ4n) is 3.98. The summed E-state index contributed by atoms with van der Waals surface area (Å²) in [4.78, 5) is 29.5. The lowest BCUT2D eigenvalue weighted by atomic mass is 10.0. The highest BCUT2D eigenvalue weighted by molar-refractivity contribution is 5.94. The number of hydrogen-bond donors (Lipinski definition) is 1. The van der Waals surface area contributed by atoms with Crippen LogP contribution in [-0.2, 0) is 16.0 Å². The first-order valence-corrected chi connectivity index (χ1v) is 10.8. The Kier molecular flexibility index (Phi) is 6.42. The van der Waals surface area contributed by atoms with Crippen LogP contribution in [-0.4, -0.2) is 67.0 Å². The van der Waals surface area contributed by atoms with Gasteiger partial charge in [-0.15, -0.1) is 0 Å². The van der Waals surface area contributed by atoms with E-state index in [1.807, 2.05) is 55.1 Å². The maximum Gasteiger partial charge on any atom is 0.241 e. The first kappa shape index (κ1) is 21.2. The summed E-state index contributed by atoms with van der Waals surface area (Å²) in [7, 11) is 0. The monoisotopic (exact) mass is 423 g/mol. The molecule has 2 aliphatic rings. The van der Waals surface area contributed by atoms with Crippen molar-refractivity contribution < 1.29 is 19.1 Å². The first-order chi connectivity index (χ1) is 15.0. The van der Waals surface area contributed by atoms with Gasteiger partial charge in [-0.2, -0.15) is 0 Å². The zero-order valence-corrected chi connectivity index (χ0v) is 18.1. The molecule has 31 heavy (non-hydrogen) atoms. The van der Waals surface area contributed by atoms with E-state index in [1.54, 1.807) is 6.07 Å². The van der Waals surface area contributed by atoms with Crippen LogP contribution in [0.5, 0.6) is 11.5 Å². The molecule has 1 saturated heterocycles. The Bertz CT molecular complexity index is 954. The number of fused-ring (bicyclic) bond motifs is 1. The number of hydrogen-bond acceptors (Lipinski definition) is 5. The van der Waals surface area contributed by atoms with Gasteiger partial charge in [-0.1, -0.05) is 24.3 Å². The maximum atomic E-state index is 12.8. The fourth-order valence-corrected chi connectivity index (χ4v) is 3.98. The second-order valence-corrected chi connectivity index (χ2v) is 8.04. The highest BCUT2D eigenvalue weighted by atomic mass is 16.6. The number of nitrogens with zero attached hydrogens (tertiary/aromatic N) is 2. The Morgan fingerprint density at radius 3 is 2.45 bits per heavy atom. The largest absolute Gasteiger partial charge is 0.486 e. The average Bonchev–Trinajstić information content (AvgIpc) is 2.80. The van der Waals surface area contributed by atoms with E-state index in [-0.39, 0.29) is 17.9 Å². The highest BCUT2D eigenvalue weighted by Crippen LogP contribution is 2.32. The summed E-state index contributed by atoms with van der Waals surface area (Å²) in [6.07, 6.45) is 0.423. The molecule has 2 heterocycles. The number of aryl methyl sites for hydroxylation is 1. The molecule has 0 aliphatic carbocycles. The quantitative estimate of drug-likeness (QED) is 0.800. The second kappa shape index (κ2) is 9.39. The van der Waals surface area contributed by atoms with E-state index < -0.39 is 0 Å². The van der Waals surface area contributed by atoms with Gasteiger partial charge in [-0.3, -0.25) is 14.5 Å². The third kappa shape index (κ3) is 4.99. The molecule has 2 aromatic rings. The Morgan fingerprint density at radius 2 is 1.71 bits per heavy atom. The van der Waals surface area contributed by atoms with Crippen molar-refractivity contribution in [1.82, 2.24) is 9.80 Å². The van der Waals surface area contributed by atoms with Crippen LogP contribution in [0.15, 0.2) is 42.5 Å². The molecule has 0 aromatic heterocycles. The number of rotatable bonds is 5. The minimum Gasteiger partial charge on any atom is -0.486 e. The maximum absolute atomic E-state index is 12.8. The minimum atomic E-state index is -0.290. The summed E-state index contributed by atoms with van der Waals surface area (Å²) in [6.45, 7) is 7.59. The molecular weight excluding hydrogens is 394 g/mol. The minimum absolute atomic E-state index is 0.0728. The average molecular weight is 424 g/mol. The molecule has 1 fully saturated rings. The van der Waals surface area contributed by atoms with E-state index in [0.717, 1.165) is 11.1 Å². The van der Waals surface area contributed by atoms with E-state index in [4.69, 9.17) is 9.47 Å². The van der Waals surface area contributed by atoms with Gasteiger partial charge in [0.25, 0.3) is 0 Å². The summed E-state index contributed by atoms with van der Waals surface area (Å²) in [5, 5.41) is 2.97. The Balaban J connectivity index is 1.28. The van der Waals surface area contributed by atoms with Crippen LogP contribution in [0.1, 0.15) is 18.1 Å². The molecule has 2 amide bonds. The van der Waals surface area contributed by atoms with Crippen molar-refractivity contribution in [2.45, 2.75) is 26.3 Å². The van der Waals surface area contributed by atoms with Crippen molar-refractivity contribution in [2.24, 2.45) is 0 Å². The summed E-state index contributed by atoms with van der Waals surface area (Å²) in [5.41, 5.74) is 2.90. The van der Waals surface area contributed by atoms with Crippen LogP contribution >= 0.6 is 0 Å². The molecule has 1 atom stereocenters. The normalized spacial score (nSPS) is 17.2. The number of nitrogens with one attached hydrogen (secondary N) is 1. The lowest BCUT2D eigenvalue weighted by molar-refractivity contribution is -0.133. The van der Waals surface area contributed by atoms with E-state index >= 15 is 0 Å². The van der Waals surface area contributed by atoms with Gasteiger partial charge >= 0.3 is 0 Å². The number of piperazine rings is 1. The van der Waals surface area contributed by atoms with Crippen molar-refractivity contribution in [3.05, 3.63) is 53.6 Å². The van der Waals surface area contributed by atoms with Crippen LogP contribution in [0.4, 0.5) is 5.69 Å².